The van der Waals surface area contributed by atoms with Gasteiger partial charge in [0.25, 0.3) is 0 Å². The molecule has 2 aromatic carbocycles. The van der Waals surface area contributed by atoms with Gasteiger partial charge in [0.15, 0.2) is 5.78 Å². The Bertz CT molecular complexity index is 542. The third-order valence-corrected chi connectivity index (χ3v) is 3.31. The zero-order valence-electron chi connectivity index (χ0n) is 10.9. The van der Waals surface area contributed by atoms with Crippen molar-refractivity contribution in [1.82, 2.24) is 5.32 Å². The van der Waals surface area contributed by atoms with Gasteiger partial charge in [0.1, 0.15) is 0 Å². The van der Waals surface area contributed by atoms with E-state index in [0.717, 1.165) is 22.8 Å². The van der Waals surface area contributed by atoms with E-state index in [1.165, 1.54) is 0 Å². The predicted molar refractivity (Wildman–Crippen MR) is 76.0 cm³/mol. The first-order valence-corrected chi connectivity index (χ1v) is 6.46. The first-order chi connectivity index (χ1) is 8.72. The van der Waals surface area contributed by atoms with Crippen molar-refractivity contribution in [2.75, 3.05) is 6.54 Å². The van der Waals surface area contributed by atoms with Gasteiger partial charge < -0.3 is 5.32 Å². The van der Waals surface area contributed by atoms with Crippen molar-refractivity contribution < 1.29 is 4.79 Å². The summed E-state index contributed by atoms with van der Waals surface area (Å²) in [6, 6.07) is 14.3. The van der Waals surface area contributed by atoms with E-state index in [9.17, 15) is 4.79 Å². The van der Waals surface area contributed by atoms with Gasteiger partial charge >= 0.3 is 0 Å². The molecule has 2 nitrogen and oxygen atoms in total. The van der Waals surface area contributed by atoms with Gasteiger partial charge in [0.2, 0.25) is 0 Å². The summed E-state index contributed by atoms with van der Waals surface area (Å²) in [6.07, 6.45) is 1.03. The number of nitrogens with one attached hydrogen (secondary N) is 1. The van der Waals surface area contributed by atoms with Gasteiger partial charge in [0, 0.05) is 11.6 Å². The SMILES string of the molecule is CCC(C)NCC(=O)c1cccc2ccccc12. The summed E-state index contributed by atoms with van der Waals surface area (Å²) in [6.45, 7) is 4.61. The van der Waals surface area contributed by atoms with E-state index >= 15 is 0 Å². The first-order valence-electron chi connectivity index (χ1n) is 6.46. The van der Waals surface area contributed by atoms with Crippen LogP contribution >= 0.6 is 0 Å². The Hall–Kier alpha value is -1.67. The number of Topliss-reactive ketones (excluding diaryl/α,β-unsaturated/α-hetero) is 1. The minimum Gasteiger partial charge on any atom is -0.307 e. The van der Waals surface area contributed by atoms with Crippen molar-refractivity contribution in [3.8, 4) is 0 Å². The summed E-state index contributed by atoms with van der Waals surface area (Å²) in [5.41, 5.74) is 0.809. The average Bonchev–Trinajstić information content (AvgIpc) is 2.43. The van der Waals surface area contributed by atoms with Gasteiger partial charge in [-0.05, 0) is 24.1 Å². The second-order valence-corrected chi connectivity index (χ2v) is 4.64. The van der Waals surface area contributed by atoms with Crippen LogP contribution in [0.4, 0.5) is 0 Å². The summed E-state index contributed by atoms with van der Waals surface area (Å²) in [5, 5.41) is 5.40. The number of benzene rings is 2. The number of ketones is 1. The molecule has 0 aliphatic rings. The molecule has 0 saturated carbocycles. The molecule has 18 heavy (non-hydrogen) atoms. The van der Waals surface area contributed by atoms with Crippen LogP contribution in [0.1, 0.15) is 30.6 Å². The van der Waals surface area contributed by atoms with Crippen LogP contribution in [0.5, 0.6) is 0 Å². The standard InChI is InChI=1S/C16H19NO/c1-3-12(2)17-11-16(18)15-10-6-8-13-7-4-5-9-14(13)15/h4-10,12,17H,3,11H2,1-2H3. The zero-order valence-corrected chi connectivity index (χ0v) is 10.9. The zero-order chi connectivity index (χ0) is 13.0. The molecular formula is C16H19NO. The summed E-state index contributed by atoms with van der Waals surface area (Å²) >= 11 is 0. The molecule has 1 atom stereocenters. The molecule has 0 spiro atoms. The van der Waals surface area contributed by atoms with Crippen LogP contribution in [0.2, 0.25) is 0 Å². The summed E-state index contributed by atoms with van der Waals surface area (Å²) in [7, 11) is 0. The predicted octanol–water partition coefficient (Wildman–Crippen LogP) is 3.41. The molecule has 0 heterocycles. The van der Waals surface area contributed by atoms with Crippen molar-refractivity contribution >= 4 is 16.6 Å². The van der Waals surface area contributed by atoms with E-state index in [-0.39, 0.29) is 5.78 Å². The maximum absolute atomic E-state index is 12.2. The highest BCUT2D eigenvalue weighted by Crippen LogP contribution is 2.18. The number of hydrogen-bond donors (Lipinski definition) is 1. The van der Waals surface area contributed by atoms with Crippen LogP contribution in [0.25, 0.3) is 10.8 Å². The lowest BCUT2D eigenvalue weighted by Gasteiger charge is -2.11. The fourth-order valence-electron chi connectivity index (χ4n) is 1.98. The van der Waals surface area contributed by atoms with Gasteiger partial charge in [-0.2, -0.15) is 0 Å². The molecule has 1 N–H and O–H groups in total. The molecule has 0 aliphatic heterocycles. The monoisotopic (exact) mass is 241 g/mol. The minimum atomic E-state index is 0.159. The number of hydrogen-bond acceptors (Lipinski definition) is 2. The number of fused-ring (bicyclic) bond motifs is 1. The second kappa shape index (κ2) is 5.78. The summed E-state index contributed by atoms with van der Waals surface area (Å²) in [5.74, 6) is 0.159. The van der Waals surface area contributed by atoms with Crippen LogP contribution in [0.3, 0.4) is 0 Å². The average molecular weight is 241 g/mol. The fraction of sp³-hybridized carbons (Fsp3) is 0.312. The quantitative estimate of drug-likeness (QED) is 0.813. The van der Waals surface area contributed by atoms with Crippen molar-refractivity contribution in [2.45, 2.75) is 26.3 Å². The lowest BCUT2D eigenvalue weighted by atomic mass is 10.0. The molecule has 2 rings (SSSR count). The highest BCUT2D eigenvalue weighted by Gasteiger charge is 2.10. The van der Waals surface area contributed by atoms with Gasteiger partial charge in [-0.25, -0.2) is 0 Å². The van der Waals surface area contributed by atoms with Crippen molar-refractivity contribution in [3.05, 3.63) is 48.0 Å². The van der Waals surface area contributed by atoms with Crippen molar-refractivity contribution in [3.63, 3.8) is 0 Å². The largest absolute Gasteiger partial charge is 0.307 e. The Morgan fingerprint density at radius 3 is 2.67 bits per heavy atom. The van der Waals surface area contributed by atoms with Gasteiger partial charge in [0.05, 0.1) is 6.54 Å². The minimum absolute atomic E-state index is 0.159. The lowest BCUT2D eigenvalue weighted by molar-refractivity contribution is 0.0989. The van der Waals surface area contributed by atoms with E-state index in [2.05, 4.69) is 19.2 Å². The number of carbonyl (C=O) groups is 1. The Kier molecular flexibility index (Phi) is 4.11. The van der Waals surface area contributed by atoms with Crippen LogP contribution in [0.15, 0.2) is 42.5 Å². The van der Waals surface area contributed by atoms with E-state index in [4.69, 9.17) is 0 Å². The van der Waals surface area contributed by atoms with E-state index in [0.29, 0.717) is 12.6 Å². The molecular weight excluding hydrogens is 222 g/mol. The highest BCUT2D eigenvalue weighted by molar-refractivity contribution is 6.09. The molecule has 0 amide bonds. The third kappa shape index (κ3) is 2.77. The summed E-state index contributed by atoms with van der Waals surface area (Å²) in [4.78, 5) is 12.2. The fourth-order valence-corrected chi connectivity index (χ4v) is 1.98. The molecule has 0 saturated heterocycles. The van der Waals surface area contributed by atoms with Gasteiger partial charge in [-0.3, -0.25) is 4.79 Å². The van der Waals surface area contributed by atoms with E-state index in [1.54, 1.807) is 0 Å². The molecule has 1 unspecified atom stereocenters. The lowest BCUT2D eigenvalue weighted by Crippen LogP contribution is -2.30. The maximum atomic E-state index is 12.2. The Balaban J connectivity index is 2.22. The highest BCUT2D eigenvalue weighted by atomic mass is 16.1. The summed E-state index contributed by atoms with van der Waals surface area (Å²) < 4.78 is 0. The number of carbonyl (C=O) groups excluding carboxylic acids is 1. The normalized spacial score (nSPS) is 12.6. The van der Waals surface area contributed by atoms with Gasteiger partial charge in [-0.15, -0.1) is 0 Å². The van der Waals surface area contributed by atoms with Crippen LogP contribution < -0.4 is 5.32 Å². The molecule has 2 aromatic rings. The molecule has 0 aliphatic carbocycles. The van der Waals surface area contributed by atoms with E-state index in [1.807, 2.05) is 42.5 Å². The van der Waals surface area contributed by atoms with Crippen LogP contribution in [0, 0.1) is 0 Å². The Morgan fingerprint density at radius 2 is 1.89 bits per heavy atom. The van der Waals surface area contributed by atoms with Crippen molar-refractivity contribution in [2.24, 2.45) is 0 Å². The molecule has 0 fully saturated rings. The van der Waals surface area contributed by atoms with Crippen LogP contribution in [-0.2, 0) is 0 Å². The van der Waals surface area contributed by atoms with Crippen LogP contribution in [-0.4, -0.2) is 18.4 Å². The van der Waals surface area contributed by atoms with E-state index < -0.39 is 0 Å². The van der Waals surface area contributed by atoms with Crippen molar-refractivity contribution in [1.29, 1.82) is 0 Å². The Labute approximate surface area is 108 Å². The molecule has 0 bridgehead atoms. The smallest absolute Gasteiger partial charge is 0.177 e. The topological polar surface area (TPSA) is 29.1 Å². The molecule has 0 radical (unpaired) electrons. The third-order valence-electron chi connectivity index (χ3n) is 3.31. The Morgan fingerprint density at radius 1 is 1.17 bits per heavy atom. The maximum Gasteiger partial charge on any atom is 0.177 e. The second-order valence-electron chi connectivity index (χ2n) is 4.64. The first kappa shape index (κ1) is 12.8. The molecule has 94 valence electrons. The number of rotatable bonds is 5. The van der Waals surface area contributed by atoms with Gasteiger partial charge in [-0.1, -0.05) is 49.4 Å². The molecule has 2 heteroatoms. The molecule has 0 aromatic heterocycles.